The van der Waals surface area contributed by atoms with Crippen LogP contribution in [0.4, 0.5) is 5.00 Å². The van der Waals surface area contributed by atoms with Gasteiger partial charge in [-0.3, -0.25) is 0 Å². The van der Waals surface area contributed by atoms with Gasteiger partial charge in [0.25, 0.3) is 0 Å². The average Bonchev–Trinajstić information content (AvgIpc) is 2.14. The fraction of sp³-hybridized carbons (Fsp3) is 0.250. The Morgan fingerprint density at radius 1 is 1.88 bits per heavy atom. The van der Waals surface area contributed by atoms with Crippen molar-refractivity contribution in [3.8, 4) is 0 Å². The predicted molar refractivity (Wildman–Crippen MR) is 38.9 cm³/mol. The highest BCUT2D eigenvalue weighted by atomic mass is 32.1. The van der Waals surface area contributed by atoms with Crippen LogP contribution in [-0.4, -0.2) is 12.0 Å². The molecule has 0 saturated carbocycles. The first kappa shape index (κ1) is 5.91. The summed E-state index contributed by atoms with van der Waals surface area (Å²) in [5.41, 5.74) is 1.76. The highest BCUT2D eigenvalue weighted by molar-refractivity contribution is 7.80. The molecule has 0 aliphatic heterocycles. The summed E-state index contributed by atoms with van der Waals surface area (Å²) in [5.74, 6) is 0. The zero-order chi connectivity index (χ0) is 5.98. The Hall–Kier alpha value is -0.220. The van der Waals surface area contributed by atoms with E-state index in [1.54, 1.807) is 16.8 Å². The molecular weight excluding hydrogens is 140 g/mol. The predicted octanol–water partition coefficient (Wildman–Crippen LogP) is 1.47. The summed E-state index contributed by atoms with van der Waals surface area (Å²) >= 11 is 5.62. The SMILES string of the molecule is CNc1scnc1S. The van der Waals surface area contributed by atoms with Gasteiger partial charge in [-0.05, 0) is 0 Å². The number of aromatic nitrogens is 1. The molecule has 0 aliphatic carbocycles. The number of rotatable bonds is 1. The monoisotopic (exact) mass is 146 g/mol. The third-order valence-corrected chi connectivity index (χ3v) is 2.11. The summed E-state index contributed by atoms with van der Waals surface area (Å²) in [4.78, 5) is 3.91. The van der Waals surface area contributed by atoms with E-state index in [1.165, 1.54) is 0 Å². The molecule has 0 spiro atoms. The molecule has 0 saturated heterocycles. The number of nitrogens with one attached hydrogen (secondary N) is 1. The maximum Gasteiger partial charge on any atom is 0.128 e. The molecule has 0 unspecified atom stereocenters. The van der Waals surface area contributed by atoms with Gasteiger partial charge >= 0.3 is 0 Å². The maximum atomic E-state index is 4.07. The Balaban J connectivity index is 2.92. The molecule has 1 heterocycles. The molecule has 0 fully saturated rings. The molecule has 4 heteroatoms. The summed E-state index contributed by atoms with van der Waals surface area (Å²) < 4.78 is 0. The van der Waals surface area contributed by atoms with Gasteiger partial charge in [0.05, 0.1) is 5.51 Å². The van der Waals surface area contributed by atoms with E-state index in [9.17, 15) is 0 Å². The largest absolute Gasteiger partial charge is 0.378 e. The molecule has 0 aliphatic rings. The molecule has 1 N–H and O–H groups in total. The summed E-state index contributed by atoms with van der Waals surface area (Å²) in [6, 6.07) is 0. The van der Waals surface area contributed by atoms with Gasteiger partial charge in [-0.25, -0.2) is 4.98 Å². The Morgan fingerprint density at radius 3 is 2.88 bits per heavy atom. The molecule has 8 heavy (non-hydrogen) atoms. The van der Waals surface area contributed by atoms with E-state index in [-0.39, 0.29) is 0 Å². The Labute approximate surface area is 57.4 Å². The van der Waals surface area contributed by atoms with Crippen LogP contribution in [0.5, 0.6) is 0 Å². The normalized spacial score (nSPS) is 9.25. The number of nitrogens with zero attached hydrogens (tertiary/aromatic N) is 1. The molecular formula is C4H6N2S2. The maximum absolute atomic E-state index is 4.07. The topological polar surface area (TPSA) is 24.9 Å². The van der Waals surface area contributed by atoms with E-state index < -0.39 is 0 Å². The fourth-order valence-electron chi connectivity index (χ4n) is 0.411. The standard InChI is InChI=1S/C4H6N2S2/c1-5-4-3(7)6-2-8-4/h2,5,7H,1H3. The minimum absolute atomic E-state index is 0.775. The highest BCUT2D eigenvalue weighted by Crippen LogP contribution is 2.21. The molecule has 0 bridgehead atoms. The first-order chi connectivity index (χ1) is 3.84. The summed E-state index contributed by atoms with van der Waals surface area (Å²) in [6.07, 6.45) is 0. The van der Waals surface area contributed by atoms with Crippen molar-refractivity contribution in [1.82, 2.24) is 4.98 Å². The lowest BCUT2D eigenvalue weighted by atomic mass is 10.8. The zero-order valence-electron chi connectivity index (χ0n) is 4.38. The van der Waals surface area contributed by atoms with Gasteiger partial charge in [0.2, 0.25) is 0 Å². The molecule has 0 amide bonds. The van der Waals surface area contributed by atoms with Crippen LogP contribution in [-0.2, 0) is 0 Å². The van der Waals surface area contributed by atoms with Gasteiger partial charge in [0.1, 0.15) is 10.0 Å². The van der Waals surface area contributed by atoms with E-state index in [2.05, 4.69) is 22.9 Å². The first-order valence-electron chi connectivity index (χ1n) is 2.15. The first-order valence-corrected chi connectivity index (χ1v) is 3.47. The van der Waals surface area contributed by atoms with Crippen molar-refractivity contribution < 1.29 is 0 Å². The Morgan fingerprint density at radius 2 is 2.62 bits per heavy atom. The molecule has 1 aromatic heterocycles. The van der Waals surface area contributed by atoms with E-state index >= 15 is 0 Å². The second-order valence-corrected chi connectivity index (χ2v) is 2.53. The molecule has 44 valence electrons. The van der Waals surface area contributed by atoms with Crippen LogP contribution in [0.2, 0.25) is 0 Å². The molecule has 0 radical (unpaired) electrons. The van der Waals surface area contributed by atoms with Crippen molar-refractivity contribution in [3.05, 3.63) is 5.51 Å². The van der Waals surface area contributed by atoms with Crippen LogP contribution < -0.4 is 5.32 Å². The van der Waals surface area contributed by atoms with Gasteiger partial charge in [-0.15, -0.1) is 24.0 Å². The summed E-state index contributed by atoms with van der Waals surface area (Å²) in [7, 11) is 1.85. The zero-order valence-corrected chi connectivity index (χ0v) is 6.09. The van der Waals surface area contributed by atoms with E-state index in [0.29, 0.717) is 0 Å². The van der Waals surface area contributed by atoms with Crippen LogP contribution in [0.1, 0.15) is 0 Å². The van der Waals surface area contributed by atoms with Crippen molar-refractivity contribution >= 4 is 29.0 Å². The molecule has 1 aromatic rings. The third-order valence-electron chi connectivity index (χ3n) is 0.776. The lowest BCUT2D eigenvalue weighted by Gasteiger charge is -1.89. The van der Waals surface area contributed by atoms with Crippen molar-refractivity contribution in [3.63, 3.8) is 0 Å². The molecule has 2 nitrogen and oxygen atoms in total. The van der Waals surface area contributed by atoms with Crippen LogP contribution in [0, 0.1) is 0 Å². The number of thiol groups is 1. The highest BCUT2D eigenvalue weighted by Gasteiger charge is 1.95. The third kappa shape index (κ3) is 0.952. The molecule has 0 atom stereocenters. The lowest BCUT2D eigenvalue weighted by molar-refractivity contribution is 1.21. The minimum Gasteiger partial charge on any atom is -0.378 e. The second-order valence-electron chi connectivity index (χ2n) is 1.26. The van der Waals surface area contributed by atoms with Crippen LogP contribution >= 0.6 is 24.0 Å². The minimum atomic E-state index is 0.775. The van der Waals surface area contributed by atoms with E-state index in [0.717, 1.165) is 10.0 Å². The summed E-state index contributed by atoms with van der Waals surface area (Å²) in [5, 5.41) is 4.75. The van der Waals surface area contributed by atoms with Crippen molar-refractivity contribution in [2.24, 2.45) is 0 Å². The van der Waals surface area contributed by atoms with E-state index in [1.807, 2.05) is 7.05 Å². The number of thiazole rings is 1. The Bertz CT molecular complexity index is 172. The van der Waals surface area contributed by atoms with Gasteiger partial charge < -0.3 is 5.32 Å². The lowest BCUT2D eigenvalue weighted by Crippen LogP contribution is -1.83. The van der Waals surface area contributed by atoms with Crippen LogP contribution in [0.25, 0.3) is 0 Å². The quantitative estimate of drug-likeness (QED) is 0.586. The molecule has 0 aromatic carbocycles. The fourth-order valence-corrected chi connectivity index (χ4v) is 1.36. The van der Waals surface area contributed by atoms with Gasteiger partial charge in [0.15, 0.2) is 0 Å². The molecule has 1 rings (SSSR count). The van der Waals surface area contributed by atoms with Crippen LogP contribution in [0.3, 0.4) is 0 Å². The number of anilines is 1. The average molecular weight is 146 g/mol. The second kappa shape index (κ2) is 2.37. The van der Waals surface area contributed by atoms with Gasteiger partial charge in [-0.1, -0.05) is 0 Å². The summed E-state index contributed by atoms with van der Waals surface area (Å²) in [6.45, 7) is 0. The van der Waals surface area contributed by atoms with Crippen molar-refractivity contribution in [1.29, 1.82) is 0 Å². The van der Waals surface area contributed by atoms with Crippen LogP contribution in [0.15, 0.2) is 10.5 Å². The smallest absolute Gasteiger partial charge is 0.128 e. The number of hydrogen-bond donors (Lipinski definition) is 2. The number of hydrogen-bond acceptors (Lipinski definition) is 4. The van der Waals surface area contributed by atoms with Crippen molar-refractivity contribution in [2.75, 3.05) is 12.4 Å². The van der Waals surface area contributed by atoms with Crippen molar-refractivity contribution in [2.45, 2.75) is 5.03 Å². The van der Waals surface area contributed by atoms with Gasteiger partial charge in [-0.2, -0.15) is 0 Å². The Kier molecular flexibility index (Phi) is 1.75. The van der Waals surface area contributed by atoms with E-state index in [4.69, 9.17) is 0 Å². The van der Waals surface area contributed by atoms with Gasteiger partial charge in [0, 0.05) is 7.05 Å².